The second kappa shape index (κ2) is 4.11. The smallest absolute Gasteiger partial charge is 0.314 e. The molecule has 0 bridgehead atoms. The summed E-state index contributed by atoms with van der Waals surface area (Å²) in [4.78, 5) is 4.63. The van der Waals surface area contributed by atoms with Gasteiger partial charge in [-0.15, -0.1) is 0 Å². The molecule has 0 saturated heterocycles. The van der Waals surface area contributed by atoms with Crippen LogP contribution in [-0.4, -0.2) is 10.1 Å². The van der Waals surface area contributed by atoms with Crippen molar-refractivity contribution in [3.05, 3.63) is 46.6 Å². The molecule has 88 valence electrons. The standard InChI is InChI=1S/C13H14N2OS/c17-12-14-11(15-16-12)13(8-4-5-9-13)10-6-2-1-3-7-10/h1-3,6-7H,4-5,8-9H2,(H,14,15,17). The van der Waals surface area contributed by atoms with Crippen LogP contribution >= 0.6 is 12.2 Å². The van der Waals surface area contributed by atoms with E-state index >= 15 is 0 Å². The van der Waals surface area contributed by atoms with E-state index in [0.717, 1.165) is 18.7 Å². The van der Waals surface area contributed by atoms with Crippen molar-refractivity contribution in [3.8, 4) is 0 Å². The fourth-order valence-corrected chi connectivity index (χ4v) is 2.96. The van der Waals surface area contributed by atoms with Gasteiger partial charge in [-0.3, -0.25) is 0 Å². The first-order chi connectivity index (χ1) is 8.31. The van der Waals surface area contributed by atoms with Crippen molar-refractivity contribution < 1.29 is 4.52 Å². The first kappa shape index (κ1) is 10.7. The van der Waals surface area contributed by atoms with E-state index in [2.05, 4.69) is 34.4 Å². The lowest BCUT2D eigenvalue weighted by Crippen LogP contribution is -2.25. The van der Waals surface area contributed by atoms with Crippen LogP contribution in [0.4, 0.5) is 0 Å². The summed E-state index contributed by atoms with van der Waals surface area (Å²) in [7, 11) is 0. The summed E-state index contributed by atoms with van der Waals surface area (Å²) in [6, 6.07) is 10.5. The molecule has 0 unspecified atom stereocenters. The lowest BCUT2D eigenvalue weighted by molar-refractivity contribution is 0.378. The normalized spacial score (nSPS) is 18.4. The molecular weight excluding hydrogens is 232 g/mol. The lowest BCUT2D eigenvalue weighted by Gasteiger charge is -2.26. The zero-order chi connectivity index (χ0) is 11.7. The Bertz CT molecular complexity index is 552. The van der Waals surface area contributed by atoms with Crippen molar-refractivity contribution in [2.75, 3.05) is 0 Å². The summed E-state index contributed by atoms with van der Waals surface area (Å²) in [6.07, 6.45) is 4.66. The number of nitrogens with one attached hydrogen (secondary N) is 1. The number of hydrogen-bond donors (Lipinski definition) is 1. The van der Waals surface area contributed by atoms with E-state index in [-0.39, 0.29) is 5.41 Å². The monoisotopic (exact) mass is 246 g/mol. The minimum absolute atomic E-state index is 0.0260. The van der Waals surface area contributed by atoms with Gasteiger partial charge in [0.05, 0.1) is 5.41 Å². The maximum Gasteiger partial charge on any atom is 0.314 e. The van der Waals surface area contributed by atoms with E-state index in [1.54, 1.807) is 0 Å². The highest BCUT2D eigenvalue weighted by atomic mass is 32.1. The maximum atomic E-state index is 5.10. The van der Waals surface area contributed by atoms with Crippen molar-refractivity contribution in [2.24, 2.45) is 0 Å². The van der Waals surface area contributed by atoms with E-state index in [1.807, 2.05) is 6.07 Å². The zero-order valence-electron chi connectivity index (χ0n) is 9.48. The molecule has 3 nitrogen and oxygen atoms in total. The van der Waals surface area contributed by atoms with Crippen LogP contribution in [-0.2, 0) is 5.41 Å². The second-order valence-electron chi connectivity index (χ2n) is 4.59. The summed E-state index contributed by atoms with van der Waals surface area (Å²) in [6.45, 7) is 0. The van der Waals surface area contributed by atoms with E-state index in [4.69, 9.17) is 16.7 Å². The average molecular weight is 246 g/mol. The molecule has 0 aliphatic heterocycles. The van der Waals surface area contributed by atoms with Crippen LogP contribution in [0.5, 0.6) is 0 Å². The van der Waals surface area contributed by atoms with E-state index in [9.17, 15) is 0 Å². The molecule has 2 aromatic rings. The molecule has 4 heteroatoms. The van der Waals surface area contributed by atoms with Crippen LogP contribution in [0.2, 0.25) is 0 Å². The first-order valence-electron chi connectivity index (χ1n) is 5.93. The number of hydrogen-bond acceptors (Lipinski definition) is 3. The molecule has 0 spiro atoms. The summed E-state index contributed by atoms with van der Waals surface area (Å²) in [5.41, 5.74) is 1.28. The summed E-state index contributed by atoms with van der Waals surface area (Å²) >= 11 is 4.96. The number of benzene rings is 1. The molecule has 1 fully saturated rings. The lowest BCUT2D eigenvalue weighted by atomic mass is 9.78. The third kappa shape index (κ3) is 1.72. The highest BCUT2D eigenvalue weighted by Gasteiger charge is 2.40. The van der Waals surface area contributed by atoms with Crippen LogP contribution in [0.15, 0.2) is 34.9 Å². The molecule has 1 saturated carbocycles. The molecule has 1 heterocycles. The predicted octanol–water partition coefficient (Wildman–Crippen LogP) is 3.59. The van der Waals surface area contributed by atoms with Gasteiger partial charge in [0.1, 0.15) is 0 Å². The van der Waals surface area contributed by atoms with Crippen molar-refractivity contribution in [1.82, 2.24) is 10.1 Å². The fraction of sp³-hybridized carbons (Fsp3) is 0.385. The van der Waals surface area contributed by atoms with E-state index in [0.29, 0.717) is 4.84 Å². The maximum absolute atomic E-state index is 5.10. The summed E-state index contributed by atoms with van der Waals surface area (Å²) in [5, 5.41) is 2.90. The van der Waals surface area contributed by atoms with Gasteiger partial charge < -0.3 is 4.52 Å². The van der Waals surface area contributed by atoms with Gasteiger partial charge in [-0.2, -0.15) is 4.98 Å². The topological polar surface area (TPSA) is 41.8 Å². The molecule has 1 aliphatic carbocycles. The van der Waals surface area contributed by atoms with Crippen LogP contribution in [0, 0.1) is 4.84 Å². The third-order valence-corrected chi connectivity index (χ3v) is 3.85. The van der Waals surface area contributed by atoms with E-state index < -0.39 is 0 Å². The average Bonchev–Trinajstić information content (AvgIpc) is 2.99. The van der Waals surface area contributed by atoms with Gasteiger partial charge in [-0.1, -0.05) is 43.2 Å². The second-order valence-corrected chi connectivity index (χ2v) is 4.93. The van der Waals surface area contributed by atoms with Crippen molar-refractivity contribution in [3.63, 3.8) is 0 Å². The number of aromatic amines is 1. The zero-order valence-corrected chi connectivity index (χ0v) is 10.3. The van der Waals surface area contributed by atoms with Gasteiger partial charge in [-0.05, 0) is 30.6 Å². The first-order valence-corrected chi connectivity index (χ1v) is 6.34. The molecule has 1 aliphatic rings. The Balaban J connectivity index is 2.14. The molecule has 0 amide bonds. The minimum atomic E-state index is -0.0260. The molecule has 17 heavy (non-hydrogen) atoms. The Hall–Kier alpha value is -1.42. The molecule has 1 N–H and O–H groups in total. The largest absolute Gasteiger partial charge is 0.348 e. The highest BCUT2D eigenvalue weighted by molar-refractivity contribution is 7.71. The van der Waals surface area contributed by atoms with Gasteiger partial charge in [0.25, 0.3) is 0 Å². The Kier molecular flexibility index (Phi) is 2.59. The van der Waals surface area contributed by atoms with Crippen LogP contribution in [0.1, 0.15) is 37.1 Å². The van der Waals surface area contributed by atoms with Crippen molar-refractivity contribution in [1.29, 1.82) is 0 Å². The van der Waals surface area contributed by atoms with Gasteiger partial charge >= 0.3 is 4.84 Å². The quantitative estimate of drug-likeness (QED) is 0.823. The molecule has 0 radical (unpaired) electrons. The van der Waals surface area contributed by atoms with Gasteiger partial charge in [0.2, 0.25) is 0 Å². The van der Waals surface area contributed by atoms with Crippen LogP contribution in [0.25, 0.3) is 0 Å². The minimum Gasteiger partial charge on any atom is -0.348 e. The van der Waals surface area contributed by atoms with Gasteiger partial charge in [0.15, 0.2) is 5.82 Å². The number of aromatic nitrogens is 2. The number of nitrogens with zero attached hydrogens (tertiary/aromatic N) is 1. The third-order valence-electron chi connectivity index (χ3n) is 3.67. The molecular formula is C13H14N2OS. The van der Waals surface area contributed by atoms with Gasteiger partial charge in [0, 0.05) is 0 Å². The predicted molar refractivity (Wildman–Crippen MR) is 67.4 cm³/mol. The fourth-order valence-electron chi connectivity index (χ4n) is 2.83. The Morgan fingerprint density at radius 3 is 2.47 bits per heavy atom. The Morgan fingerprint density at radius 1 is 1.18 bits per heavy atom. The highest BCUT2D eigenvalue weighted by Crippen LogP contribution is 2.44. The number of H-pyrrole nitrogens is 1. The molecule has 1 aromatic carbocycles. The molecule has 0 atom stereocenters. The van der Waals surface area contributed by atoms with Gasteiger partial charge in [-0.25, -0.2) is 5.16 Å². The summed E-state index contributed by atoms with van der Waals surface area (Å²) in [5.74, 6) is 0.881. The van der Waals surface area contributed by atoms with Crippen molar-refractivity contribution in [2.45, 2.75) is 31.1 Å². The molecule has 1 aromatic heterocycles. The van der Waals surface area contributed by atoms with E-state index in [1.165, 1.54) is 18.4 Å². The number of rotatable bonds is 2. The Labute approximate surface area is 105 Å². The van der Waals surface area contributed by atoms with Crippen LogP contribution < -0.4 is 0 Å². The Morgan fingerprint density at radius 2 is 1.88 bits per heavy atom. The summed E-state index contributed by atoms with van der Waals surface area (Å²) < 4.78 is 5.10. The van der Waals surface area contributed by atoms with Crippen LogP contribution in [0.3, 0.4) is 0 Å². The van der Waals surface area contributed by atoms with Crippen molar-refractivity contribution >= 4 is 12.2 Å². The molecule has 3 rings (SSSR count). The SMILES string of the molecule is S=c1nc(C2(c3ccccc3)CCCC2)[nH]o1.